The molecule has 18 heavy (non-hydrogen) atoms. The minimum absolute atomic E-state index is 0.0722. The van der Waals surface area contributed by atoms with Crippen molar-refractivity contribution in [2.75, 3.05) is 31.8 Å². The Morgan fingerprint density at radius 1 is 1.39 bits per heavy atom. The summed E-state index contributed by atoms with van der Waals surface area (Å²) in [6, 6.07) is 0. The highest BCUT2D eigenvalue weighted by atomic mass is 32.2. The first-order valence-corrected chi connectivity index (χ1v) is 8.50. The van der Waals surface area contributed by atoms with E-state index in [0.717, 1.165) is 19.4 Å². The molecule has 0 spiro atoms. The van der Waals surface area contributed by atoms with Crippen LogP contribution in [0.2, 0.25) is 0 Å². The normalized spacial score (nSPS) is 25.2. The first-order chi connectivity index (χ1) is 8.23. The van der Waals surface area contributed by atoms with Crippen molar-refractivity contribution in [1.82, 2.24) is 5.32 Å². The zero-order valence-electron chi connectivity index (χ0n) is 12.0. The summed E-state index contributed by atoms with van der Waals surface area (Å²) in [5.74, 6) is 1.39. The second-order valence-corrected chi connectivity index (χ2v) is 8.56. The van der Waals surface area contributed by atoms with Crippen LogP contribution < -0.4 is 5.32 Å². The van der Waals surface area contributed by atoms with Gasteiger partial charge in [0.05, 0.1) is 11.5 Å². The van der Waals surface area contributed by atoms with E-state index < -0.39 is 9.84 Å². The molecule has 1 fully saturated rings. The summed E-state index contributed by atoms with van der Waals surface area (Å²) in [6.45, 7) is 7.96. The number of nitrogens with one attached hydrogen (secondary N) is 1. The molecule has 1 aliphatic heterocycles. The Balaban J connectivity index is 2.55. The predicted molar refractivity (Wildman–Crippen MR) is 74.5 cm³/mol. The molecule has 108 valence electrons. The molecule has 5 heteroatoms. The van der Waals surface area contributed by atoms with E-state index in [9.17, 15) is 8.42 Å². The van der Waals surface area contributed by atoms with Gasteiger partial charge in [0.2, 0.25) is 0 Å². The van der Waals surface area contributed by atoms with Gasteiger partial charge in [0.15, 0.2) is 9.84 Å². The number of rotatable bonds is 6. The molecule has 1 heterocycles. The summed E-state index contributed by atoms with van der Waals surface area (Å²) in [5.41, 5.74) is 0.0722. The SMILES string of the molecule is COCCC(CNC(C)(C)C)C1CCS(=O)(=O)C1. The molecule has 2 unspecified atom stereocenters. The fraction of sp³-hybridized carbons (Fsp3) is 1.00. The van der Waals surface area contributed by atoms with Crippen molar-refractivity contribution in [3.8, 4) is 0 Å². The first-order valence-electron chi connectivity index (χ1n) is 6.68. The average Bonchev–Trinajstić information content (AvgIpc) is 2.57. The Morgan fingerprint density at radius 3 is 2.50 bits per heavy atom. The molecule has 0 amide bonds. The van der Waals surface area contributed by atoms with Crippen LogP contribution in [0.5, 0.6) is 0 Å². The first kappa shape index (κ1) is 15.9. The molecule has 1 N–H and O–H groups in total. The molecule has 1 saturated heterocycles. The molecule has 0 aromatic carbocycles. The van der Waals surface area contributed by atoms with Gasteiger partial charge in [0, 0.05) is 19.3 Å². The van der Waals surface area contributed by atoms with Gasteiger partial charge in [-0.25, -0.2) is 8.42 Å². The third-order valence-electron chi connectivity index (χ3n) is 3.52. The van der Waals surface area contributed by atoms with Gasteiger partial charge in [-0.2, -0.15) is 0 Å². The topological polar surface area (TPSA) is 55.4 Å². The maximum absolute atomic E-state index is 11.6. The lowest BCUT2D eigenvalue weighted by Gasteiger charge is -2.28. The highest BCUT2D eigenvalue weighted by Crippen LogP contribution is 2.28. The molecule has 0 aliphatic carbocycles. The maximum Gasteiger partial charge on any atom is 0.150 e. The lowest BCUT2D eigenvalue weighted by Crippen LogP contribution is -2.41. The quantitative estimate of drug-likeness (QED) is 0.798. The van der Waals surface area contributed by atoms with Gasteiger partial charge in [0.25, 0.3) is 0 Å². The fourth-order valence-electron chi connectivity index (χ4n) is 2.41. The van der Waals surface area contributed by atoms with Gasteiger partial charge in [0.1, 0.15) is 0 Å². The van der Waals surface area contributed by atoms with Crippen LogP contribution in [-0.4, -0.2) is 45.7 Å². The van der Waals surface area contributed by atoms with E-state index in [1.54, 1.807) is 7.11 Å². The Morgan fingerprint density at radius 2 is 2.06 bits per heavy atom. The smallest absolute Gasteiger partial charge is 0.150 e. The minimum atomic E-state index is -2.79. The molecule has 2 atom stereocenters. The largest absolute Gasteiger partial charge is 0.385 e. The lowest BCUT2D eigenvalue weighted by atomic mass is 9.88. The van der Waals surface area contributed by atoms with Crippen molar-refractivity contribution >= 4 is 9.84 Å². The van der Waals surface area contributed by atoms with Crippen LogP contribution in [-0.2, 0) is 14.6 Å². The van der Waals surface area contributed by atoms with Crippen LogP contribution >= 0.6 is 0 Å². The zero-order valence-corrected chi connectivity index (χ0v) is 12.8. The van der Waals surface area contributed by atoms with Crippen LogP contribution in [0.25, 0.3) is 0 Å². The molecule has 0 aromatic rings. The van der Waals surface area contributed by atoms with Crippen LogP contribution in [0, 0.1) is 11.8 Å². The Labute approximate surface area is 111 Å². The number of sulfone groups is 1. The van der Waals surface area contributed by atoms with Crippen LogP contribution in [0.15, 0.2) is 0 Å². The summed E-state index contributed by atoms with van der Waals surface area (Å²) in [7, 11) is -1.09. The summed E-state index contributed by atoms with van der Waals surface area (Å²) < 4.78 is 28.3. The second kappa shape index (κ2) is 6.35. The number of hydrogen-bond acceptors (Lipinski definition) is 4. The maximum atomic E-state index is 11.6. The van der Waals surface area contributed by atoms with Crippen molar-refractivity contribution in [1.29, 1.82) is 0 Å². The summed E-state index contributed by atoms with van der Waals surface area (Å²) in [5, 5.41) is 3.48. The summed E-state index contributed by atoms with van der Waals surface area (Å²) >= 11 is 0. The van der Waals surface area contributed by atoms with Gasteiger partial charge in [-0.1, -0.05) is 0 Å². The molecular weight excluding hydrogens is 250 g/mol. The molecular formula is C13H27NO3S. The van der Waals surface area contributed by atoms with E-state index in [2.05, 4.69) is 26.1 Å². The molecule has 4 nitrogen and oxygen atoms in total. The molecule has 0 aromatic heterocycles. The highest BCUT2D eigenvalue weighted by Gasteiger charge is 2.33. The van der Waals surface area contributed by atoms with Gasteiger partial charge in [-0.15, -0.1) is 0 Å². The standard InChI is InChI=1S/C13H27NO3S/c1-13(2,3)14-9-11(5-7-17-4)12-6-8-18(15,16)10-12/h11-12,14H,5-10H2,1-4H3. The van der Waals surface area contributed by atoms with Crippen LogP contribution in [0.1, 0.15) is 33.6 Å². The molecule has 0 saturated carbocycles. The van der Waals surface area contributed by atoms with Gasteiger partial charge < -0.3 is 10.1 Å². The number of hydrogen-bond donors (Lipinski definition) is 1. The average molecular weight is 277 g/mol. The van der Waals surface area contributed by atoms with E-state index in [-0.39, 0.29) is 5.54 Å². The van der Waals surface area contributed by atoms with E-state index in [4.69, 9.17) is 4.74 Å². The van der Waals surface area contributed by atoms with Crippen molar-refractivity contribution in [3.63, 3.8) is 0 Å². The Hall–Kier alpha value is -0.130. The van der Waals surface area contributed by atoms with Gasteiger partial charge in [-0.05, 0) is 52.0 Å². The summed E-state index contributed by atoms with van der Waals surface area (Å²) in [6.07, 6.45) is 1.74. The van der Waals surface area contributed by atoms with Crippen molar-refractivity contribution in [2.24, 2.45) is 11.8 Å². The predicted octanol–water partition coefficient (Wildman–Crippen LogP) is 1.46. The molecule has 0 radical (unpaired) electrons. The van der Waals surface area contributed by atoms with Gasteiger partial charge >= 0.3 is 0 Å². The number of ether oxygens (including phenoxy) is 1. The monoisotopic (exact) mass is 277 g/mol. The fourth-order valence-corrected chi connectivity index (χ4v) is 4.33. The Kier molecular flexibility index (Phi) is 5.62. The summed E-state index contributed by atoms with van der Waals surface area (Å²) in [4.78, 5) is 0. The van der Waals surface area contributed by atoms with Crippen molar-refractivity contribution in [3.05, 3.63) is 0 Å². The lowest BCUT2D eigenvalue weighted by molar-refractivity contribution is 0.158. The zero-order chi connectivity index (χ0) is 13.8. The molecule has 0 bridgehead atoms. The van der Waals surface area contributed by atoms with E-state index >= 15 is 0 Å². The highest BCUT2D eigenvalue weighted by molar-refractivity contribution is 7.91. The third kappa shape index (κ3) is 5.67. The Bertz CT molecular complexity index is 346. The third-order valence-corrected chi connectivity index (χ3v) is 5.32. The number of methoxy groups -OCH3 is 1. The van der Waals surface area contributed by atoms with Gasteiger partial charge in [-0.3, -0.25) is 0 Å². The van der Waals surface area contributed by atoms with E-state index in [1.807, 2.05) is 0 Å². The van der Waals surface area contributed by atoms with E-state index in [1.165, 1.54) is 0 Å². The molecule has 1 rings (SSSR count). The van der Waals surface area contributed by atoms with Crippen LogP contribution in [0.3, 0.4) is 0 Å². The minimum Gasteiger partial charge on any atom is -0.385 e. The van der Waals surface area contributed by atoms with Crippen molar-refractivity contribution < 1.29 is 13.2 Å². The second-order valence-electron chi connectivity index (χ2n) is 6.34. The van der Waals surface area contributed by atoms with Crippen LogP contribution in [0.4, 0.5) is 0 Å². The molecule has 1 aliphatic rings. The van der Waals surface area contributed by atoms with Crippen molar-refractivity contribution in [2.45, 2.75) is 39.2 Å². The van der Waals surface area contributed by atoms with E-state index in [0.29, 0.717) is 29.9 Å².